The summed E-state index contributed by atoms with van der Waals surface area (Å²) >= 11 is 0. The summed E-state index contributed by atoms with van der Waals surface area (Å²) in [5.41, 5.74) is 9.46. The van der Waals surface area contributed by atoms with Crippen LogP contribution in [0.1, 0.15) is 17.5 Å². The van der Waals surface area contributed by atoms with E-state index >= 15 is 0 Å². The first-order valence-electron chi connectivity index (χ1n) is 4.36. The SMILES string of the molecule is Cc1cc(F)ncc1C#CCCN=[N+]=[N-]. The molecule has 0 saturated carbocycles. The van der Waals surface area contributed by atoms with Crippen molar-refractivity contribution >= 4 is 0 Å². The molecule has 1 heterocycles. The number of pyridine rings is 1. The van der Waals surface area contributed by atoms with E-state index in [-0.39, 0.29) is 0 Å². The van der Waals surface area contributed by atoms with E-state index in [1.807, 2.05) is 0 Å². The minimum atomic E-state index is -0.507. The molecule has 0 amide bonds. The van der Waals surface area contributed by atoms with Crippen molar-refractivity contribution in [2.24, 2.45) is 5.11 Å². The maximum atomic E-state index is 12.6. The lowest BCUT2D eigenvalue weighted by atomic mass is 10.1. The quantitative estimate of drug-likeness (QED) is 0.182. The van der Waals surface area contributed by atoms with Crippen LogP contribution in [0.3, 0.4) is 0 Å². The number of halogens is 1. The number of rotatable bonds is 2. The van der Waals surface area contributed by atoms with E-state index in [9.17, 15) is 4.39 Å². The van der Waals surface area contributed by atoms with Gasteiger partial charge in [-0.05, 0) is 24.1 Å². The third kappa shape index (κ3) is 3.67. The highest BCUT2D eigenvalue weighted by Gasteiger charge is 1.96. The molecule has 1 rings (SSSR count). The smallest absolute Gasteiger partial charge is 0.213 e. The van der Waals surface area contributed by atoms with E-state index in [1.165, 1.54) is 12.3 Å². The van der Waals surface area contributed by atoms with Crippen molar-refractivity contribution in [3.63, 3.8) is 0 Å². The van der Waals surface area contributed by atoms with Gasteiger partial charge in [-0.15, -0.1) is 0 Å². The summed E-state index contributed by atoms with van der Waals surface area (Å²) in [4.78, 5) is 6.11. The van der Waals surface area contributed by atoms with Gasteiger partial charge in [0.15, 0.2) is 0 Å². The van der Waals surface area contributed by atoms with Crippen molar-refractivity contribution < 1.29 is 4.39 Å². The first kappa shape index (κ1) is 11.0. The molecule has 0 spiro atoms. The molecule has 0 aliphatic rings. The zero-order chi connectivity index (χ0) is 11.1. The van der Waals surface area contributed by atoms with Crippen LogP contribution in [0.25, 0.3) is 10.4 Å². The average Bonchev–Trinajstić information content (AvgIpc) is 2.20. The monoisotopic (exact) mass is 204 g/mol. The van der Waals surface area contributed by atoms with E-state index in [1.54, 1.807) is 6.92 Å². The number of aryl methyl sites for hydroxylation is 1. The van der Waals surface area contributed by atoms with Gasteiger partial charge in [0, 0.05) is 29.6 Å². The molecule has 0 bridgehead atoms. The van der Waals surface area contributed by atoms with E-state index in [4.69, 9.17) is 5.53 Å². The van der Waals surface area contributed by atoms with E-state index in [2.05, 4.69) is 26.9 Å². The summed E-state index contributed by atoms with van der Waals surface area (Å²) in [6.07, 6.45) is 1.88. The minimum Gasteiger partial charge on any atom is -0.227 e. The van der Waals surface area contributed by atoms with Gasteiger partial charge in [0.25, 0.3) is 0 Å². The topological polar surface area (TPSA) is 61.7 Å². The van der Waals surface area contributed by atoms with Crippen LogP contribution in [0.2, 0.25) is 0 Å². The molecule has 0 saturated heterocycles. The standard InChI is InChI=1S/C10H9FN4/c1-8-6-10(11)13-7-9(8)4-2-3-5-14-15-12/h6-7H,3,5H2,1H3. The summed E-state index contributed by atoms with van der Waals surface area (Å²) in [5, 5.41) is 3.34. The van der Waals surface area contributed by atoms with E-state index < -0.39 is 5.95 Å². The zero-order valence-corrected chi connectivity index (χ0v) is 8.24. The second-order valence-electron chi connectivity index (χ2n) is 2.83. The third-order valence-electron chi connectivity index (χ3n) is 1.70. The van der Waals surface area contributed by atoms with Gasteiger partial charge in [0.05, 0.1) is 0 Å². The molecule has 0 aromatic carbocycles. The van der Waals surface area contributed by atoms with Gasteiger partial charge < -0.3 is 0 Å². The summed E-state index contributed by atoms with van der Waals surface area (Å²) in [6, 6.07) is 1.33. The average molecular weight is 204 g/mol. The molecule has 0 radical (unpaired) electrons. The van der Waals surface area contributed by atoms with Crippen molar-refractivity contribution in [1.82, 2.24) is 4.98 Å². The van der Waals surface area contributed by atoms with Crippen LogP contribution >= 0.6 is 0 Å². The molecule has 0 aliphatic carbocycles. The first-order chi connectivity index (χ1) is 7.24. The molecule has 0 unspecified atom stereocenters. The first-order valence-corrected chi connectivity index (χ1v) is 4.36. The summed E-state index contributed by atoms with van der Waals surface area (Å²) in [7, 11) is 0. The van der Waals surface area contributed by atoms with Crippen LogP contribution in [-0.2, 0) is 0 Å². The molecule has 5 heteroatoms. The highest BCUT2D eigenvalue weighted by molar-refractivity contribution is 5.38. The second kappa shape index (κ2) is 5.63. The van der Waals surface area contributed by atoms with E-state index in [0.29, 0.717) is 18.5 Å². The maximum Gasteiger partial charge on any atom is 0.213 e. The van der Waals surface area contributed by atoms with Crippen LogP contribution in [0.5, 0.6) is 0 Å². The molecule has 0 aliphatic heterocycles. The largest absolute Gasteiger partial charge is 0.227 e. The number of hydrogen-bond donors (Lipinski definition) is 0. The molecule has 4 nitrogen and oxygen atoms in total. The predicted molar refractivity (Wildman–Crippen MR) is 54.4 cm³/mol. The fraction of sp³-hybridized carbons (Fsp3) is 0.300. The lowest BCUT2D eigenvalue weighted by Gasteiger charge is -1.95. The molecular weight excluding hydrogens is 195 g/mol. The molecule has 15 heavy (non-hydrogen) atoms. The van der Waals surface area contributed by atoms with Crippen molar-refractivity contribution in [2.45, 2.75) is 13.3 Å². The Bertz CT molecular complexity index is 452. The van der Waals surface area contributed by atoms with Gasteiger partial charge in [0.2, 0.25) is 5.95 Å². The number of nitrogens with zero attached hydrogens (tertiary/aromatic N) is 4. The van der Waals surface area contributed by atoms with Crippen LogP contribution in [0, 0.1) is 24.7 Å². The summed E-state index contributed by atoms with van der Waals surface area (Å²) < 4.78 is 12.6. The number of hydrogen-bond acceptors (Lipinski definition) is 2. The fourth-order valence-corrected chi connectivity index (χ4v) is 0.961. The molecule has 0 N–H and O–H groups in total. The van der Waals surface area contributed by atoms with Gasteiger partial charge in [-0.2, -0.15) is 4.39 Å². The summed E-state index contributed by atoms with van der Waals surface area (Å²) in [6.45, 7) is 2.11. The lowest BCUT2D eigenvalue weighted by Crippen LogP contribution is -1.88. The Balaban J connectivity index is 2.67. The summed E-state index contributed by atoms with van der Waals surface area (Å²) in [5.74, 6) is 5.15. The normalized spacial score (nSPS) is 8.67. The van der Waals surface area contributed by atoms with E-state index in [0.717, 1.165) is 5.56 Å². The Hall–Kier alpha value is -2.05. The molecule has 76 valence electrons. The third-order valence-corrected chi connectivity index (χ3v) is 1.70. The molecule has 1 aromatic rings. The zero-order valence-electron chi connectivity index (χ0n) is 8.24. The van der Waals surface area contributed by atoms with Crippen molar-refractivity contribution in [3.05, 3.63) is 39.8 Å². The number of azide groups is 1. The van der Waals surface area contributed by atoms with Gasteiger partial charge in [0.1, 0.15) is 0 Å². The Labute approximate surface area is 86.8 Å². The van der Waals surface area contributed by atoms with Gasteiger partial charge >= 0.3 is 0 Å². The van der Waals surface area contributed by atoms with Crippen molar-refractivity contribution in [2.75, 3.05) is 6.54 Å². The van der Waals surface area contributed by atoms with Crippen LogP contribution in [0.4, 0.5) is 4.39 Å². The highest BCUT2D eigenvalue weighted by Crippen LogP contribution is 2.05. The van der Waals surface area contributed by atoms with Crippen LogP contribution < -0.4 is 0 Å². The molecule has 1 aromatic heterocycles. The Morgan fingerprint density at radius 2 is 2.47 bits per heavy atom. The highest BCUT2D eigenvalue weighted by atomic mass is 19.1. The molecule has 0 atom stereocenters. The predicted octanol–water partition coefficient (Wildman–Crippen LogP) is 2.58. The lowest BCUT2D eigenvalue weighted by molar-refractivity contribution is 0.582. The Kier molecular flexibility index (Phi) is 4.14. The van der Waals surface area contributed by atoms with Crippen molar-refractivity contribution in [1.29, 1.82) is 0 Å². The molecule has 0 fully saturated rings. The Morgan fingerprint density at radius 1 is 1.67 bits per heavy atom. The van der Waals surface area contributed by atoms with Gasteiger partial charge in [-0.1, -0.05) is 17.0 Å². The van der Waals surface area contributed by atoms with Gasteiger partial charge in [-0.3, -0.25) is 0 Å². The van der Waals surface area contributed by atoms with Crippen LogP contribution in [0.15, 0.2) is 17.4 Å². The van der Waals surface area contributed by atoms with Crippen molar-refractivity contribution in [3.8, 4) is 11.8 Å². The fourth-order valence-electron chi connectivity index (χ4n) is 0.961. The maximum absolute atomic E-state index is 12.6. The van der Waals surface area contributed by atoms with Gasteiger partial charge in [-0.25, -0.2) is 4.98 Å². The minimum absolute atomic E-state index is 0.344. The Morgan fingerprint density at radius 3 is 3.13 bits per heavy atom. The van der Waals surface area contributed by atoms with Crippen LogP contribution in [-0.4, -0.2) is 11.5 Å². The second-order valence-corrected chi connectivity index (χ2v) is 2.83. The number of aromatic nitrogens is 1. The molecular formula is C10H9FN4.